The van der Waals surface area contributed by atoms with Crippen molar-refractivity contribution < 1.29 is 26.3 Å². The molecule has 1 saturated carbocycles. The molecule has 1 aliphatic carbocycles. The van der Waals surface area contributed by atoms with Crippen LogP contribution in [0.5, 0.6) is 0 Å². The first kappa shape index (κ1) is 15.9. The van der Waals surface area contributed by atoms with E-state index in [0.717, 1.165) is 0 Å². The van der Waals surface area contributed by atoms with Crippen LogP contribution in [0.2, 0.25) is 0 Å². The van der Waals surface area contributed by atoms with Gasteiger partial charge in [0.1, 0.15) is 5.54 Å². The standard InChI is InChI=1S/C13H19F6N/c1-9(2)10(12(14,15)16)5-7-20(8-6-10)11(3-4-11)13(17,18)19/h9H,3-8H2,1-2H3. The number of likely N-dealkylation sites (tertiary alicyclic amines) is 1. The van der Waals surface area contributed by atoms with Crippen LogP contribution in [-0.4, -0.2) is 35.9 Å². The highest BCUT2D eigenvalue weighted by atomic mass is 19.4. The second kappa shape index (κ2) is 4.52. The van der Waals surface area contributed by atoms with Gasteiger partial charge in [-0.05, 0) is 44.7 Å². The summed E-state index contributed by atoms with van der Waals surface area (Å²) in [6, 6.07) is 0. The quantitative estimate of drug-likeness (QED) is 0.684. The third-order valence-corrected chi connectivity index (χ3v) is 5.18. The Morgan fingerprint density at radius 2 is 1.25 bits per heavy atom. The number of hydrogen-bond acceptors (Lipinski definition) is 1. The number of halogens is 6. The summed E-state index contributed by atoms with van der Waals surface area (Å²) in [7, 11) is 0. The molecule has 118 valence electrons. The number of nitrogens with zero attached hydrogens (tertiary/aromatic N) is 1. The predicted molar refractivity (Wildman–Crippen MR) is 62.2 cm³/mol. The molecule has 0 N–H and O–H groups in total. The van der Waals surface area contributed by atoms with Crippen LogP contribution in [0.25, 0.3) is 0 Å². The molecule has 2 aliphatic rings. The summed E-state index contributed by atoms with van der Waals surface area (Å²) in [5, 5.41) is 0. The lowest BCUT2D eigenvalue weighted by molar-refractivity contribution is -0.263. The lowest BCUT2D eigenvalue weighted by atomic mass is 9.69. The minimum atomic E-state index is -4.36. The summed E-state index contributed by atoms with van der Waals surface area (Å²) in [5.41, 5.74) is -3.69. The fraction of sp³-hybridized carbons (Fsp3) is 1.00. The predicted octanol–water partition coefficient (Wildman–Crippen LogP) is 4.38. The molecular weight excluding hydrogens is 284 g/mol. The molecule has 1 aliphatic heterocycles. The molecule has 0 aromatic heterocycles. The van der Waals surface area contributed by atoms with E-state index in [1.807, 2.05) is 0 Å². The minimum absolute atomic E-state index is 0.0111. The Hall–Kier alpha value is -0.460. The molecule has 0 radical (unpaired) electrons. The van der Waals surface area contributed by atoms with Gasteiger partial charge >= 0.3 is 12.4 Å². The van der Waals surface area contributed by atoms with Gasteiger partial charge in [0, 0.05) is 0 Å². The van der Waals surface area contributed by atoms with Crippen molar-refractivity contribution in [3.8, 4) is 0 Å². The van der Waals surface area contributed by atoms with Gasteiger partial charge in [-0.15, -0.1) is 0 Å². The first-order chi connectivity index (χ1) is 8.96. The van der Waals surface area contributed by atoms with Gasteiger partial charge in [-0.3, -0.25) is 4.90 Å². The molecule has 0 atom stereocenters. The molecular formula is C13H19F6N. The molecule has 2 rings (SSSR count). The van der Waals surface area contributed by atoms with Crippen molar-refractivity contribution in [1.29, 1.82) is 0 Å². The van der Waals surface area contributed by atoms with E-state index in [9.17, 15) is 26.3 Å². The number of piperidine rings is 1. The van der Waals surface area contributed by atoms with Crippen molar-refractivity contribution in [2.24, 2.45) is 11.3 Å². The Balaban J connectivity index is 2.13. The minimum Gasteiger partial charge on any atom is -0.290 e. The van der Waals surface area contributed by atoms with Gasteiger partial charge in [0.15, 0.2) is 0 Å². The Labute approximate surface area is 114 Å². The number of alkyl halides is 6. The zero-order chi connectivity index (χ0) is 15.4. The largest absolute Gasteiger partial charge is 0.406 e. The van der Waals surface area contributed by atoms with E-state index in [2.05, 4.69) is 0 Å². The van der Waals surface area contributed by atoms with Crippen LogP contribution in [0.4, 0.5) is 26.3 Å². The Bertz CT molecular complexity index is 358. The summed E-state index contributed by atoms with van der Waals surface area (Å²) < 4.78 is 78.8. The molecule has 0 aromatic rings. The fourth-order valence-corrected chi connectivity index (χ4v) is 3.42. The highest BCUT2D eigenvalue weighted by Crippen LogP contribution is 2.58. The fourth-order valence-electron chi connectivity index (χ4n) is 3.42. The van der Waals surface area contributed by atoms with Crippen LogP contribution in [0.15, 0.2) is 0 Å². The monoisotopic (exact) mass is 303 g/mol. The van der Waals surface area contributed by atoms with Crippen molar-refractivity contribution in [2.45, 2.75) is 57.4 Å². The maximum absolute atomic E-state index is 13.3. The molecule has 1 saturated heterocycles. The van der Waals surface area contributed by atoms with E-state index in [4.69, 9.17) is 0 Å². The van der Waals surface area contributed by atoms with Gasteiger partial charge in [0.05, 0.1) is 5.41 Å². The molecule has 0 spiro atoms. The van der Waals surface area contributed by atoms with Crippen LogP contribution < -0.4 is 0 Å². The Kier molecular flexibility index (Phi) is 3.59. The number of rotatable bonds is 2. The van der Waals surface area contributed by atoms with E-state index in [0.29, 0.717) is 0 Å². The van der Waals surface area contributed by atoms with E-state index in [1.54, 1.807) is 0 Å². The summed E-state index contributed by atoms with van der Waals surface area (Å²) in [5.74, 6) is -0.620. The van der Waals surface area contributed by atoms with Gasteiger partial charge in [-0.2, -0.15) is 26.3 Å². The van der Waals surface area contributed by atoms with Crippen molar-refractivity contribution in [3.63, 3.8) is 0 Å². The SMILES string of the molecule is CC(C)C1(C(F)(F)F)CCN(C2(C(F)(F)F)CC2)CC1. The highest BCUT2D eigenvalue weighted by Gasteiger charge is 2.68. The molecule has 0 aromatic carbocycles. The molecule has 0 bridgehead atoms. The normalized spacial score (nSPS) is 26.9. The average Bonchev–Trinajstić information content (AvgIpc) is 3.07. The summed E-state index contributed by atoms with van der Waals surface area (Å²) in [6.07, 6.45) is -9.17. The topological polar surface area (TPSA) is 3.24 Å². The third kappa shape index (κ3) is 2.22. The van der Waals surface area contributed by atoms with Crippen molar-refractivity contribution in [2.75, 3.05) is 13.1 Å². The second-order valence-electron chi connectivity index (χ2n) is 6.32. The second-order valence-corrected chi connectivity index (χ2v) is 6.32. The van der Waals surface area contributed by atoms with Crippen LogP contribution in [-0.2, 0) is 0 Å². The zero-order valence-electron chi connectivity index (χ0n) is 11.5. The van der Waals surface area contributed by atoms with Gasteiger partial charge in [-0.1, -0.05) is 13.8 Å². The number of hydrogen-bond donors (Lipinski definition) is 0. The van der Waals surface area contributed by atoms with Crippen LogP contribution in [0.3, 0.4) is 0 Å². The van der Waals surface area contributed by atoms with Gasteiger partial charge in [0.25, 0.3) is 0 Å². The third-order valence-electron chi connectivity index (χ3n) is 5.18. The molecule has 7 heteroatoms. The van der Waals surface area contributed by atoms with Crippen LogP contribution in [0.1, 0.15) is 39.5 Å². The molecule has 0 amide bonds. The Morgan fingerprint density at radius 3 is 1.50 bits per heavy atom. The summed E-state index contributed by atoms with van der Waals surface area (Å²) >= 11 is 0. The first-order valence-electron chi connectivity index (χ1n) is 6.85. The maximum Gasteiger partial charge on any atom is 0.406 e. The molecule has 20 heavy (non-hydrogen) atoms. The van der Waals surface area contributed by atoms with Gasteiger partial charge < -0.3 is 0 Å². The lowest BCUT2D eigenvalue weighted by Gasteiger charge is -2.47. The summed E-state index contributed by atoms with van der Waals surface area (Å²) in [6.45, 7) is 2.74. The van der Waals surface area contributed by atoms with Crippen molar-refractivity contribution in [3.05, 3.63) is 0 Å². The average molecular weight is 303 g/mol. The Morgan fingerprint density at radius 1 is 0.800 bits per heavy atom. The van der Waals surface area contributed by atoms with E-state index in [1.165, 1.54) is 18.7 Å². The van der Waals surface area contributed by atoms with Crippen LogP contribution >= 0.6 is 0 Å². The maximum atomic E-state index is 13.3. The molecule has 2 fully saturated rings. The molecule has 1 nitrogen and oxygen atoms in total. The molecule has 1 heterocycles. The first-order valence-corrected chi connectivity index (χ1v) is 6.85. The highest BCUT2D eigenvalue weighted by molar-refractivity contribution is 5.11. The van der Waals surface area contributed by atoms with Crippen molar-refractivity contribution >= 4 is 0 Å². The smallest absolute Gasteiger partial charge is 0.290 e. The summed E-state index contributed by atoms with van der Waals surface area (Å²) in [4.78, 5) is 1.22. The lowest BCUT2D eigenvalue weighted by Crippen LogP contribution is -2.57. The van der Waals surface area contributed by atoms with Crippen molar-refractivity contribution in [1.82, 2.24) is 4.90 Å². The zero-order valence-corrected chi connectivity index (χ0v) is 11.5. The van der Waals surface area contributed by atoms with Gasteiger partial charge in [-0.25, -0.2) is 0 Å². The van der Waals surface area contributed by atoms with E-state index < -0.39 is 29.2 Å². The van der Waals surface area contributed by atoms with E-state index >= 15 is 0 Å². The van der Waals surface area contributed by atoms with Crippen LogP contribution in [0, 0.1) is 11.3 Å². The van der Waals surface area contributed by atoms with E-state index in [-0.39, 0.29) is 38.8 Å². The molecule has 0 unspecified atom stereocenters. The van der Waals surface area contributed by atoms with Gasteiger partial charge in [0.2, 0.25) is 0 Å².